The van der Waals surface area contributed by atoms with Gasteiger partial charge in [0.1, 0.15) is 0 Å². The number of rotatable bonds is 10. The summed E-state index contributed by atoms with van der Waals surface area (Å²) in [6.07, 6.45) is 8.97. The summed E-state index contributed by atoms with van der Waals surface area (Å²) in [6.45, 7) is 4.01. The standard InChI is InChI=1S/C20H28O/c1-2-3-4-5-6-9-16-21-17-15-19-13-10-12-18-11-7-8-14-20(18)19/h7-8,10-14H,2-6,9,15-17H2,1H3. The molecule has 0 aliphatic carbocycles. The largest absolute Gasteiger partial charge is 0.381 e. The Balaban J connectivity index is 1.64. The molecule has 0 bridgehead atoms. The number of hydrogen-bond donors (Lipinski definition) is 0. The average molecular weight is 284 g/mol. The van der Waals surface area contributed by atoms with Gasteiger partial charge in [0, 0.05) is 6.61 Å². The molecule has 0 unspecified atom stereocenters. The summed E-state index contributed by atoms with van der Waals surface area (Å²) in [5.41, 5.74) is 1.40. The van der Waals surface area contributed by atoms with Crippen molar-refractivity contribution in [2.45, 2.75) is 51.9 Å². The molecule has 0 fully saturated rings. The van der Waals surface area contributed by atoms with E-state index in [1.807, 2.05) is 0 Å². The molecule has 0 N–H and O–H groups in total. The molecule has 0 aliphatic heterocycles. The van der Waals surface area contributed by atoms with E-state index in [9.17, 15) is 0 Å². The van der Waals surface area contributed by atoms with E-state index in [2.05, 4.69) is 49.4 Å². The van der Waals surface area contributed by atoms with Crippen LogP contribution in [0.1, 0.15) is 51.0 Å². The van der Waals surface area contributed by atoms with Crippen molar-refractivity contribution in [3.05, 3.63) is 48.0 Å². The van der Waals surface area contributed by atoms with Gasteiger partial charge in [0.25, 0.3) is 0 Å². The molecule has 0 saturated carbocycles. The zero-order chi connectivity index (χ0) is 14.8. The van der Waals surface area contributed by atoms with Gasteiger partial charge in [0.15, 0.2) is 0 Å². The van der Waals surface area contributed by atoms with Gasteiger partial charge in [-0.15, -0.1) is 0 Å². The van der Waals surface area contributed by atoms with E-state index in [0.717, 1.165) is 19.6 Å². The van der Waals surface area contributed by atoms with E-state index < -0.39 is 0 Å². The van der Waals surface area contributed by atoms with E-state index in [1.54, 1.807) is 0 Å². The molecule has 0 amide bonds. The predicted octanol–water partition coefficient (Wildman–Crippen LogP) is 5.76. The Morgan fingerprint density at radius 3 is 2.43 bits per heavy atom. The van der Waals surface area contributed by atoms with Gasteiger partial charge in [-0.25, -0.2) is 0 Å². The van der Waals surface area contributed by atoms with Gasteiger partial charge >= 0.3 is 0 Å². The number of ether oxygens (including phenoxy) is 1. The molecule has 0 aliphatic rings. The highest BCUT2D eigenvalue weighted by Crippen LogP contribution is 2.18. The zero-order valence-corrected chi connectivity index (χ0v) is 13.3. The first kappa shape index (κ1) is 16.0. The summed E-state index contributed by atoms with van der Waals surface area (Å²) in [5.74, 6) is 0. The third kappa shape index (κ3) is 5.51. The molecule has 0 saturated heterocycles. The number of fused-ring (bicyclic) bond motifs is 1. The first-order chi connectivity index (χ1) is 10.4. The highest BCUT2D eigenvalue weighted by atomic mass is 16.5. The smallest absolute Gasteiger partial charge is 0.0506 e. The van der Waals surface area contributed by atoms with E-state index in [0.29, 0.717) is 0 Å². The number of benzene rings is 2. The van der Waals surface area contributed by atoms with Crippen LogP contribution in [0.2, 0.25) is 0 Å². The fourth-order valence-electron chi connectivity index (χ4n) is 2.78. The average Bonchev–Trinajstić information content (AvgIpc) is 2.53. The molecule has 2 aromatic rings. The third-order valence-electron chi connectivity index (χ3n) is 4.04. The van der Waals surface area contributed by atoms with Crippen molar-refractivity contribution >= 4 is 10.8 Å². The zero-order valence-electron chi connectivity index (χ0n) is 13.3. The monoisotopic (exact) mass is 284 g/mol. The van der Waals surface area contributed by atoms with Crippen LogP contribution in [0.3, 0.4) is 0 Å². The lowest BCUT2D eigenvalue weighted by Crippen LogP contribution is -2.01. The Morgan fingerprint density at radius 2 is 1.52 bits per heavy atom. The molecule has 114 valence electrons. The summed E-state index contributed by atoms with van der Waals surface area (Å²) >= 11 is 0. The minimum atomic E-state index is 0.836. The lowest BCUT2D eigenvalue weighted by atomic mass is 10.0. The second kappa shape index (κ2) is 9.57. The molecule has 0 aromatic heterocycles. The number of unbranched alkanes of at least 4 members (excludes halogenated alkanes) is 5. The highest BCUT2D eigenvalue weighted by Gasteiger charge is 2.00. The van der Waals surface area contributed by atoms with E-state index in [4.69, 9.17) is 4.74 Å². The van der Waals surface area contributed by atoms with E-state index in [1.165, 1.54) is 54.9 Å². The Morgan fingerprint density at radius 1 is 0.762 bits per heavy atom. The first-order valence-electron chi connectivity index (χ1n) is 8.46. The van der Waals surface area contributed by atoms with Crippen molar-refractivity contribution in [1.29, 1.82) is 0 Å². The summed E-state index contributed by atoms with van der Waals surface area (Å²) in [6, 6.07) is 15.1. The van der Waals surface area contributed by atoms with Gasteiger partial charge in [-0.1, -0.05) is 81.5 Å². The second-order valence-electron chi connectivity index (χ2n) is 5.77. The van der Waals surface area contributed by atoms with Crippen LogP contribution < -0.4 is 0 Å². The summed E-state index contributed by atoms with van der Waals surface area (Å²) in [4.78, 5) is 0. The van der Waals surface area contributed by atoms with Crippen LogP contribution in [0.4, 0.5) is 0 Å². The minimum Gasteiger partial charge on any atom is -0.381 e. The SMILES string of the molecule is CCCCCCCCOCCc1cccc2ccccc12. The van der Waals surface area contributed by atoms with Crippen molar-refractivity contribution < 1.29 is 4.74 Å². The van der Waals surface area contributed by atoms with Crippen molar-refractivity contribution in [1.82, 2.24) is 0 Å². The van der Waals surface area contributed by atoms with Crippen LogP contribution in [-0.4, -0.2) is 13.2 Å². The van der Waals surface area contributed by atoms with E-state index in [-0.39, 0.29) is 0 Å². The Bertz CT molecular complexity index is 513. The van der Waals surface area contributed by atoms with Gasteiger partial charge < -0.3 is 4.74 Å². The fourth-order valence-corrected chi connectivity index (χ4v) is 2.78. The topological polar surface area (TPSA) is 9.23 Å². The van der Waals surface area contributed by atoms with Crippen molar-refractivity contribution in [3.63, 3.8) is 0 Å². The highest BCUT2D eigenvalue weighted by molar-refractivity contribution is 5.85. The molecular weight excluding hydrogens is 256 g/mol. The van der Waals surface area contributed by atoms with Crippen molar-refractivity contribution in [2.24, 2.45) is 0 Å². The molecule has 21 heavy (non-hydrogen) atoms. The van der Waals surface area contributed by atoms with Gasteiger partial charge in [-0.2, -0.15) is 0 Å². The molecule has 1 heteroatoms. The van der Waals surface area contributed by atoms with Crippen LogP contribution in [0.15, 0.2) is 42.5 Å². The van der Waals surface area contributed by atoms with Crippen LogP contribution in [-0.2, 0) is 11.2 Å². The summed E-state index contributed by atoms with van der Waals surface area (Å²) < 4.78 is 5.79. The molecule has 2 aromatic carbocycles. The fraction of sp³-hybridized carbons (Fsp3) is 0.500. The van der Waals surface area contributed by atoms with Crippen molar-refractivity contribution in [2.75, 3.05) is 13.2 Å². The van der Waals surface area contributed by atoms with Gasteiger partial charge in [-0.3, -0.25) is 0 Å². The second-order valence-corrected chi connectivity index (χ2v) is 5.77. The molecule has 0 spiro atoms. The maximum atomic E-state index is 5.79. The molecule has 0 atom stereocenters. The van der Waals surface area contributed by atoms with E-state index >= 15 is 0 Å². The molecule has 1 nitrogen and oxygen atoms in total. The predicted molar refractivity (Wildman–Crippen MR) is 91.8 cm³/mol. The summed E-state index contributed by atoms with van der Waals surface area (Å²) in [5, 5.41) is 2.69. The van der Waals surface area contributed by atoms with Gasteiger partial charge in [0.05, 0.1) is 6.61 Å². The first-order valence-corrected chi connectivity index (χ1v) is 8.46. The van der Waals surface area contributed by atoms with Gasteiger partial charge in [-0.05, 0) is 29.2 Å². The Hall–Kier alpha value is -1.34. The molecule has 0 radical (unpaired) electrons. The third-order valence-corrected chi connectivity index (χ3v) is 4.04. The molecular formula is C20H28O. The van der Waals surface area contributed by atoms with Crippen LogP contribution in [0, 0.1) is 0 Å². The van der Waals surface area contributed by atoms with Crippen LogP contribution in [0.25, 0.3) is 10.8 Å². The maximum absolute atomic E-state index is 5.79. The molecule has 0 heterocycles. The Labute approximate surface area is 129 Å². The Kier molecular flexibility index (Phi) is 7.31. The molecule has 2 rings (SSSR count). The minimum absolute atomic E-state index is 0.836. The van der Waals surface area contributed by atoms with Crippen LogP contribution in [0.5, 0.6) is 0 Å². The van der Waals surface area contributed by atoms with Crippen LogP contribution >= 0.6 is 0 Å². The quantitative estimate of drug-likeness (QED) is 0.504. The van der Waals surface area contributed by atoms with Crippen molar-refractivity contribution in [3.8, 4) is 0 Å². The number of hydrogen-bond acceptors (Lipinski definition) is 1. The summed E-state index contributed by atoms with van der Waals surface area (Å²) in [7, 11) is 0. The normalized spacial score (nSPS) is 11.1. The lowest BCUT2D eigenvalue weighted by molar-refractivity contribution is 0.133. The van der Waals surface area contributed by atoms with Gasteiger partial charge in [0.2, 0.25) is 0 Å². The maximum Gasteiger partial charge on any atom is 0.0506 e. The lowest BCUT2D eigenvalue weighted by Gasteiger charge is -2.07.